The first-order chi connectivity index (χ1) is 5.02. The van der Waals surface area contributed by atoms with Crippen LogP contribution in [0.4, 0.5) is 0 Å². The van der Waals surface area contributed by atoms with E-state index in [1.807, 2.05) is 0 Å². The fourth-order valence-electron chi connectivity index (χ4n) is 0.716. The Hall–Kier alpha value is -0.580. The lowest BCUT2D eigenvalue weighted by atomic mass is 10.1. The number of aliphatic carboxylic acids is 1. The topological polar surface area (TPSA) is 71.4 Å². The van der Waals surface area contributed by atoms with Crippen molar-refractivity contribution >= 4 is 16.7 Å². The van der Waals surface area contributed by atoms with Crippen molar-refractivity contribution in [2.45, 2.75) is 19.8 Å². The molecule has 0 aliphatic carbocycles. The second-order valence-corrected chi connectivity index (χ2v) is 3.58. The van der Waals surface area contributed by atoms with Gasteiger partial charge in [0.05, 0.1) is 5.75 Å². The normalized spacial score (nSPS) is 13.3. The molecule has 0 spiro atoms. The van der Waals surface area contributed by atoms with Crippen LogP contribution in [0.2, 0.25) is 0 Å². The second-order valence-electron chi connectivity index (χ2n) is 2.55. The van der Waals surface area contributed by atoms with E-state index < -0.39 is 16.7 Å². The number of thiol groups is 1. The van der Waals surface area contributed by atoms with E-state index in [1.54, 1.807) is 6.92 Å². The maximum absolute atomic E-state index is 10.1. The maximum Gasteiger partial charge on any atom is 0.303 e. The van der Waals surface area contributed by atoms with Gasteiger partial charge < -0.3 is 5.11 Å². The van der Waals surface area contributed by atoms with Gasteiger partial charge in [-0.25, -0.2) is 8.42 Å². The largest absolute Gasteiger partial charge is 0.481 e. The summed E-state index contributed by atoms with van der Waals surface area (Å²) in [6.07, 6.45) is 0.475. The van der Waals surface area contributed by atoms with E-state index in [9.17, 15) is 13.2 Å². The Morgan fingerprint density at radius 3 is 2.45 bits per heavy atom. The van der Waals surface area contributed by atoms with Crippen LogP contribution in [0.15, 0.2) is 0 Å². The lowest BCUT2D eigenvalue weighted by molar-refractivity contribution is -0.137. The summed E-state index contributed by atoms with van der Waals surface area (Å²) in [5, 5.41) is 8.25. The number of carbonyl (C=O) groups is 1. The summed E-state index contributed by atoms with van der Waals surface area (Å²) in [5.41, 5.74) is 0. The van der Waals surface area contributed by atoms with Crippen molar-refractivity contribution < 1.29 is 18.3 Å². The van der Waals surface area contributed by atoms with E-state index in [4.69, 9.17) is 5.11 Å². The Morgan fingerprint density at radius 1 is 1.55 bits per heavy atom. The number of hydrogen-bond acceptors (Lipinski definition) is 3. The summed E-state index contributed by atoms with van der Waals surface area (Å²) in [6.45, 7) is 1.73. The predicted molar refractivity (Wildman–Crippen MR) is 41.2 cm³/mol. The minimum atomic E-state index is -2.36. The third kappa shape index (κ3) is 7.32. The third-order valence-electron chi connectivity index (χ3n) is 1.31. The van der Waals surface area contributed by atoms with Crippen LogP contribution in [0.5, 0.6) is 0 Å². The molecule has 0 amide bonds. The van der Waals surface area contributed by atoms with Crippen LogP contribution >= 0.6 is 0 Å². The van der Waals surface area contributed by atoms with Crippen molar-refractivity contribution in [3.8, 4) is 0 Å². The molecule has 0 rings (SSSR count). The molecule has 0 saturated heterocycles. The average molecular weight is 180 g/mol. The molecule has 11 heavy (non-hydrogen) atoms. The molecule has 66 valence electrons. The SMILES string of the molecule is CC(CCC(=O)O)C[SH](=O)=O. The molecule has 0 bridgehead atoms. The lowest BCUT2D eigenvalue weighted by Crippen LogP contribution is -2.06. The van der Waals surface area contributed by atoms with Gasteiger partial charge in [-0.1, -0.05) is 6.92 Å². The molecule has 0 fully saturated rings. The van der Waals surface area contributed by atoms with Crippen LogP contribution in [0.25, 0.3) is 0 Å². The first-order valence-corrected chi connectivity index (χ1v) is 4.72. The Bertz CT molecular complexity index is 189. The van der Waals surface area contributed by atoms with E-state index >= 15 is 0 Å². The molecule has 0 aromatic carbocycles. The van der Waals surface area contributed by atoms with Crippen LogP contribution in [-0.4, -0.2) is 25.2 Å². The van der Waals surface area contributed by atoms with Gasteiger partial charge in [0.25, 0.3) is 0 Å². The van der Waals surface area contributed by atoms with Crippen molar-refractivity contribution in [2.75, 3.05) is 5.75 Å². The van der Waals surface area contributed by atoms with Gasteiger partial charge >= 0.3 is 5.97 Å². The molecule has 0 saturated carbocycles. The van der Waals surface area contributed by atoms with E-state index in [0.29, 0.717) is 6.42 Å². The summed E-state index contributed by atoms with van der Waals surface area (Å²) in [5.74, 6) is -0.840. The van der Waals surface area contributed by atoms with Gasteiger partial charge in [-0.2, -0.15) is 0 Å². The van der Waals surface area contributed by atoms with Gasteiger partial charge in [0.2, 0.25) is 0 Å². The number of rotatable bonds is 5. The molecule has 1 atom stereocenters. The fraction of sp³-hybridized carbons (Fsp3) is 0.833. The molecule has 0 aromatic rings. The van der Waals surface area contributed by atoms with Gasteiger partial charge in [-0.15, -0.1) is 0 Å². The Labute approximate surface area is 67.2 Å². The monoisotopic (exact) mass is 180 g/mol. The molecule has 0 aromatic heterocycles. The van der Waals surface area contributed by atoms with Gasteiger partial charge in [-0.3, -0.25) is 4.79 Å². The first-order valence-electron chi connectivity index (χ1n) is 3.36. The quantitative estimate of drug-likeness (QED) is 0.588. The van der Waals surface area contributed by atoms with Crippen molar-refractivity contribution in [3.63, 3.8) is 0 Å². The van der Waals surface area contributed by atoms with Crippen LogP contribution < -0.4 is 0 Å². The van der Waals surface area contributed by atoms with Gasteiger partial charge in [0, 0.05) is 6.42 Å². The minimum absolute atomic E-state index is 0.0460. The highest BCUT2D eigenvalue weighted by molar-refractivity contribution is 7.72. The van der Waals surface area contributed by atoms with Crippen LogP contribution in [-0.2, 0) is 15.5 Å². The number of carboxylic acids is 1. The molecule has 0 radical (unpaired) electrons. The van der Waals surface area contributed by atoms with E-state index in [-0.39, 0.29) is 18.1 Å². The fourth-order valence-corrected chi connectivity index (χ4v) is 1.41. The van der Waals surface area contributed by atoms with E-state index in [0.717, 1.165) is 0 Å². The number of carboxylic acid groups (broad SMARTS) is 1. The Balaban J connectivity index is 3.52. The second kappa shape index (κ2) is 5.12. The molecule has 4 nitrogen and oxygen atoms in total. The smallest absolute Gasteiger partial charge is 0.303 e. The highest BCUT2D eigenvalue weighted by atomic mass is 32.2. The van der Waals surface area contributed by atoms with E-state index in [1.165, 1.54) is 0 Å². The van der Waals surface area contributed by atoms with E-state index in [2.05, 4.69) is 0 Å². The summed E-state index contributed by atoms with van der Waals surface area (Å²) in [6, 6.07) is 0. The lowest BCUT2D eigenvalue weighted by Gasteiger charge is -2.03. The molecule has 0 aliphatic rings. The summed E-state index contributed by atoms with van der Waals surface area (Å²) < 4.78 is 20.3. The zero-order valence-electron chi connectivity index (χ0n) is 6.32. The van der Waals surface area contributed by atoms with Gasteiger partial charge in [-0.05, 0) is 12.3 Å². The van der Waals surface area contributed by atoms with Crippen LogP contribution in [0, 0.1) is 5.92 Å². The summed E-state index contributed by atoms with van der Waals surface area (Å²) in [7, 11) is -2.36. The van der Waals surface area contributed by atoms with Crippen molar-refractivity contribution in [1.29, 1.82) is 0 Å². The maximum atomic E-state index is 10.1. The summed E-state index contributed by atoms with van der Waals surface area (Å²) in [4.78, 5) is 10.0. The van der Waals surface area contributed by atoms with Crippen molar-refractivity contribution in [2.24, 2.45) is 5.92 Å². The zero-order valence-corrected chi connectivity index (χ0v) is 7.21. The molecule has 1 N–H and O–H groups in total. The average Bonchev–Trinajstić information content (AvgIpc) is 1.82. The van der Waals surface area contributed by atoms with Crippen molar-refractivity contribution in [3.05, 3.63) is 0 Å². The molecule has 5 heteroatoms. The van der Waals surface area contributed by atoms with Crippen LogP contribution in [0.3, 0.4) is 0 Å². The predicted octanol–water partition coefficient (Wildman–Crippen LogP) is 0.0987. The Kier molecular flexibility index (Phi) is 4.85. The molecule has 1 unspecified atom stereocenters. The van der Waals surface area contributed by atoms with Crippen LogP contribution in [0.1, 0.15) is 19.8 Å². The number of hydrogen-bond donors (Lipinski definition) is 2. The molecular formula is C6H12O4S. The van der Waals surface area contributed by atoms with Gasteiger partial charge in [0.15, 0.2) is 0 Å². The standard InChI is InChI=1S/C6H12O4S/c1-5(4-11(9)10)2-3-6(7)8/h5,11H,2-4H2,1H3,(H,7,8). The summed E-state index contributed by atoms with van der Waals surface area (Å²) >= 11 is 0. The molecular weight excluding hydrogens is 168 g/mol. The zero-order chi connectivity index (χ0) is 8.85. The molecule has 0 heterocycles. The third-order valence-corrected chi connectivity index (χ3v) is 2.23. The highest BCUT2D eigenvalue weighted by Crippen LogP contribution is 2.04. The minimum Gasteiger partial charge on any atom is -0.481 e. The van der Waals surface area contributed by atoms with Gasteiger partial charge in [0.1, 0.15) is 10.7 Å². The Morgan fingerprint density at radius 2 is 2.09 bits per heavy atom. The van der Waals surface area contributed by atoms with Crippen molar-refractivity contribution in [1.82, 2.24) is 0 Å². The molecule has 0 aliphatic heterocycles. The highest BCUT2D eigenvalue weighted by Gasteiger charge is 2.05. The first kappa shape index (κ1) is 10.4.